The summed E-state index contributed by atoms with van der Waals surface area (Å²) in [7, 11) is -1.08. The topological polar surface area (TPSA) is 87.2 Å². The molecule has 0 spiro atoms. The summed E-state index contributed by atoms with van der Waals surface area (Å²) >= 11 is 3.35. The molecule has 5 nitrogen and oxygen atoms in total. The van der Waals surface area contributed by atoms with Gasteiger partial charge in [0, 0.05) is 28.8 Å². The maximum atomic E-state index is 11.5. The molecule has 1 fully saturated rings. The minimum absolute atomic E-state index is 0.0241. The first kappa shape index (κ1) is 14.3. The molecule has 1 aromatic rings. The Morgan fingerprint density at radius 3 is 2.74 bits per heavy atom. The van der Waals surface area contributed by atoms with E-state index in [9.17, 15) is 8.42 Å². The molecule has 0 radical (unpaired) electrons. The summed E-state index contributed by atoms with van der Waals surface area (Å²) in [6.45, 7) is 0. The highest BCUT2D eigenvalue weighted by atomic mass is 79.9. The van der Waals surface area contributed by atoms with Crippen LogP contribution in [0.5, 0.6) is 0 Å². The van der Waals surface area contributed by atoms with Crippen LogP contribution in [0.3, 0.4) is 0 Å². The van der Waals surface area contributed by atoms with Gasteiger partial charge in [-0.3, -0.25) is 5.41 Å². The molecule has 7 heteroatoms. The van der Waals surface area contributed by atoms with Gasteiger partial charge in [-0.2, -0.15) is 0 Å². The van der Waals surface area contributed by atoms with Crippen molar-refractivity contribution in [2.24, 2.45) is 5.73 Å². The number of rotatable bonds is 3. The fourth-order valence-corrected chi connectivity index (χ4v) is 4.44. The van der Waals surface area contributed by atoms with E-state index >= 15 is 0 Å². The van der Waals surface area contributed by atoms with E-state index in [1.54, 1.807) is 6.07 Å². The number of nitrogens with one attached hydrogen (secondary N) is 1. The lowest BCUT2D eigenvalue weighted by Gasteiger charge is -2.27. The van der Waals surface area contributed by atoms with Gasteiger partial charge in [0.05, 0.1) is 11.5 Å². The van der Waals surface area contributed by atoms with E-state index in [2.05, 4.69) is 15.9 Å². The van der Waals surface area contributed by atoms with Gasteiger partial charge in [0.2, 0.25) is 0 Å². The van der Waals surface area contributed by atoms with Crippen LogP contribution in [-0.2, 0) is 9.84 Å². The lowest BCUT2D eigenvalue weighted by molar-refractivity contribution is 0.601. The lowest BCUT2D eigenvalue weighted by Crippen LogP contribution is -2.34. The molecule has 104 valence electrons. The van der Waals surface area contributed by atoms with E-state index in [0.29, 0.717) is 12.0 Å². The largest absolute Gasteiger partial charge is 0.384 e. The normalized spacial score (nSPS) is 21.3. The quantitative estimate of drug-likeness (QED) is 0.639. The Kier molecular flexibility index (Phi) is 3.87. The first-order valence-electron chi connectivity index (χ1n) is 5.87. The Morgan fingerprint density at radius 1 is 1.53 bits per heavy atom. The number of benzene rings is 1. The van der Waals surface area contributed by atoms with Crippen LogP contribution >= 0.6 is 15.9 Å². The highest BCUT2D eigenvalue weighted by Gasteiger charge is 2.31. The third kappa shape index (κ3) is 3.09. The molecule has 1 unspecified atom stereocenters. The average molecular weight is 346 g/mol. The smallest absolute Gasteiger partial charge is 0.152 e. The molecular weight excluding hydrogens is 330 g/mol. The molecule has 19 heavy (non-hydrogen) atoms. The molecule has 0 aliphatic carbocycles. The fourth-order valence-electron chi connectivity index (χ4n) is 2.31. The van der Waals surface area contributed by atoms with Crippen LogP contribution in [0.2, 0.25) is 0 Å². The van der Waals surface area contributed by atoms with Crippen molar-refractivity contribution in [2.45, 2.75) is 12.5 Å². The van der Waals surface area contributed by atoms with Gasteiger partial charge in [-0.05, 0) is 24.6 Å². The SMILES string of the molecule is CN(c1ccc(Br)cc1C(=N)N)C1CCS(=O)(=O)C1. The van der Waals surface area contributed by atoms with Gasteiger partial charge >= 0.3 is 0 Å². The second-order valence-electron chi connectivity index (χ2n) is 4.74. The molecular formula is C12H16BrN3O2S. The number of hydrogen-bond acceptors (Lipinski definition) is 4. The molecule has 0 bridgehead atoms. The number of nitrogen functional groups attached to an aromatic ring is 1. The summed E-state index contributed by atoms with van der Waals surface area (Å²) in [6, 6.07) is 5.44. The van der Waals surface area contributed by atoms with Crippen molar-refractivity contribution in [1.82, 2.24) is 0 Å². The van der Waals surface area contributed by atoms with Gasteiger partial charge in [0.25, 0.3) is 0 Å². The number of halogens is 1. The van der Waals surface area contributed by atoms with Crippen molar-refractivity contribution in [3.8, 4) is 0 Å². The fraction of sp³-hybridized carbons (Fsp3) is 0.417. The van der Waals surface area contributed by atoms with E-state index in [4.69, 9.17) is 11.1 Å². The Hall–Kier alpha value is -1.08. The van der Waals surface area contributed by atoms with Gasteiger partial charge in [0.1, 0.15) is 5.84 Å². The van der Waals surface area contributed by atoms with Gasteiger partial charge in [-0.25, -0.2) is 8.42 Å². The molecule has 0 amide bonds. The summed E-state index contributed by atoms with van der Waals surface area (Å²) in [5.41, 5.74) is 6.99. The number of nitrogens with two attached hydrogens (primary N) is 1. The van der Waals surface area contributed by atoms with Crippen LogP contribution in [0, 0.1) is 5.41 Å². The first-order valence-corrected chi connectivity index (χ1v) is 8.49. The Balaban J connectivity index is 2.34. The van der Waals surface area contributed by atoms with E-state index in [1.807, 2.05) is 24.1 Å². The van der Waals surface area contributed by atoms with Crippen LogP contribution in [-0.4, -0.2) is 38.8 Å². The van der Waals surface area contributed by atoms with Crippen LogP contribution in [0.25, 0.3) is 0 Å². The van der Waals surface area contributed by atoms with Gasteiger partial charge in [-0.15, -0.1) is 0 Å². The zero-order valence-electron chi connectivity index (χ0n) is 10.6. The number of amidine groups is 1. The Morgan fingerprint density at radius 2 is 2.21 bits per heavy atom. The summed E-state index contributed by atoms with van der Waals surface area (Å²) in [6.07, 6.45) is 0.617. The predicted octanol–water partition coefficient (Wildman–Crippen LogP) is 1.36. The van der Waals surface area contributed by atoms with E-state index in [1.165, 1.54) is 0 Å². The van der Waals surface area contributed by atoms with Crippen molar-refractivity contribution in [3.63, 3.8) is 0 Å². The summed E-state index contributed by atoms with van der Waals surface area (Å²) < 4.78 is 23.9. The summed E-state index contributed by atoms with van der Waals surface area (Å²) in [4.78, 5) is 1.91. The van der Waals surface area contributed by atoms with Crippen LogP contribution < -0.4 is 10.6 Å². The molecule has 0 aromatic heterocycles. The van der Waals surface area contributed by atoms with Crippen LogP contribution in [0.1, 0.15) is 12.0 Å². The zero-order chi connectivity index (χ0) is 14.2. The monoisotopic (exact) mass is 345 g/mol. The van der Waals surface area contributed by atoms with E-state index in [-0.39, 0.29) is 23.4 Å². The molecule has 1 aliphatic rings. The van der Waals surface area contributed by atoms with Crippen molar-refractivity contribution in [1.29, 1.82) is 5.41 Å². The molecule has 1 aliphatic heterocycles. The number of sulfone groups is 1. The molecule has 1 saturated heterocycles. The van der Waals surface area contributed by atoms with Crippen molar-refractivity contribution >= 4 is 37.3 Å². The molecule has 1 aromatic carbocycles. The number of hydrogen-bond donors (Lipinski definition) is 2. The Labute approximate surface area is 121 Å². The third-order valence-electron chi connectivity index (χ3n) is 3.38. The molecule has 0 saturated carbocycles. The maximum Gasteiger partial charge on any atom is 0.152 e. The van der Waals surface area contributed by atoms with Gasteiger partial charge < -0.3 is 10.6 Å². The predicted molar refractivity (Wildman–Crippen MR) is 80.6 cm³/mol. The van der Waals surface area contributed by atoms with Crippen molar-refractivity contribution < 1.29 is 8.42 Å². The minimum atomic E-state index is -2.93. The Bertz CT molecular complexity index is 615. The van der Waals surface area contributed by atoms with Crippen molar-refractivity contribution in [2.75, 3.05) is 23.5 Å². The molecule has 1 atom stereocenters. The molecule has 1 heterocycles. The second-order valence-corrected chi connectivity index (χ2v) is 7.89. The van der Waals surface area contributed by atoms with Crippen LogP contribution in [0.15, 0.2) is 22.7 Å². The average Bonchev–Trinajstić information content (AvgIpc) is 2.68. The molecule has 3 N–H and O–H groups in total. The van der Waals surface area contributed by atoms with Crippen molar-refractivity contribution in [3.05, 3.63) is 28.2 Å². The lowest BCUT2D eigenvalue weighted by atomic mass is 10.1. The van der Waals surface area contributed by atoms with Gasteiger partial charge in [-0.1, -0.05) is 15.9 Å². The summed E-state index contributed by atoms with van der Waals surface area (Å²) in [5.74, 6) is 0.370. The highest BCUT2D eigenvalue weighted by molar-refractivity contribution is 9.10. The number of anilines is 1. The van der Waals surface area contributed by atoms with E-state index in [0.717, 1.165) is 10.2 Å². The number of nitrogens with zero attached hydrogens (tertiary/aromatic N) is 1. The van der Waals surface area contributed by atoms with Crippen LogP contribution in [0.4, 0.5) is 5.69 Å². The minimum Gasteiger partial charge on any atom is -0.384 e. The first-order chi connectivity index (χ1) is 8.80. The van der Waals surface area contributed by atoms with Gasteiger partial charge in [0.15, 0.2) is 9.84 Å². The summed E-state index contributed by atoms with van der Waals surface area (Å²) in [5, 5.41) is 7.63. The third-order valence-corrected chi connectivity index (χ3v) is 5.63. The second kappa shape index (κ2) is 5.13. The standard InChI is InChI=1S/C12H16BrN3O2S/c1-16(9-4-5-19(17,18)7-9)11-3-2-8(13)6-10(11)12(14)15/h2-3,6,9H,4-5,7H2,1H3,(H3,14,15). The maximum absolute atomic E-state index is 11.5. The highest BCUT2D eigenvalue weighted by Crippen LogP contribution is 2.28. The zero-order valence-corrected chi connectivity index (χ0v) is 13.0. The molecule has 2 rings (SSSR count). The van der Waals surface area contributed by atoms with E-state index < -0.39 is 9.84 Å².